The lowest BCUT2D eigenvalue weighted by molar-refractivity contribution is -0.136. The Morgan fingerprint density at radius 2 is 1.74 bits per heavy atom. The van der Waals surface area contributed by atoms with Crippen molar-refractivity contribution < 1.29 is 35.3 Å². The molecule has 0 bridgehead atoms. The largest absolute Gasteiger partial charge is 0.534 e. The van der Waals surface area contributed by atoms with Crippen molar-refractivity contribution in [2.24, 2.45) is 0 Å². The van der Waals surface area contributed by atoms with Gasteiger partial charge in [-0.15, -0.1) is 0 Å². The van der Waals surface area contributed by atoms with Gasteiger partial charge in [0.15, 0.2) is 0 Å². The Morgan fingerprint density at radius 3 is 2.26 bits per heavy atom. The number of methoxy groups -OCH3 is 1. The van der Waals surface area contributed by atoms with E-state index in [0.717, 1.165) is 7.11 Å². The van der Waals surface area contributed by atoms with Crippen LogP contribution < -0.4 is 0 Å². The summed E-state index contributed by atoms with van der Waals surface area (Å²) in [7, 11) is -4.69. The zero-order valence-corrected chi connectivity index (χ0v) is 10.9. The van der Waals surface area contributed by atoms with Gasteiger partial charge in [-0.05, 0) is 19.3 Å². The van der Waals surface area contributed by atoms with E-state index < -0.39 is 27.4 Å². The minimum Gasteiger partial charge on any atom is -0.466 e. The summed E-state index contributed by atoms with van der Waals surface area (Å²) < 4.78 is 67.2. The SMILES string of the molecule is COC(=O)C1=C(OS(=O)(=O)C(F)(F)F)CCCCC1. The Hall–Kier alpha value is -1.25. The van der Waals surface area contributed by atoms with E-state index in [1.807, 2.05) is 0 Å². The highest BCUT2D eigenvalue weighted by Crippen LogP contribution is 2.32. The topological polar surface area (TPSA) is 69.7 Å². The standard InChI is InChI=1S/C10H13F3O5S/c1-17-9(14)7-5-3-2-4-6-8(7)18-19(15,16)10(11,12)13/h2-6H2,1H3. The van der Waals surface area contributed by atoms with Gasteiger partial charge in [0, 0.05) is 6.42 Å². The number of ether oxygens (including phenoxy) is 1. The molecule has 0 spiro atoms. The van der Waals surface area contributed by atoms with Crippen LogP contribution in [-0.4, -0.2) is 27.0 Å². The van der Waals surface area contributed by atoms with E-state index in [1.165, 1.54) is 0 Å². The molecule has 1 aliphatic rings. The molecule has 0 atom stereocenters. The van der Waals surface area contributed by atoms with Gasteiger partial charge in [0.2, 0.25) is 0 Å². The molecule has 0 aromatic rings. The van der Waals surface area contributed by atoms with Crippen molar-refractivity contribution in [2.75, 3.05) is 7.11 Å². The van der Waals surface area contributed by atoms with Crippen molar-refractivity contribution in [3.05, 3.63) is 11.3 Å². The molecule has 1 aliphatic carbocycles. The molecule has 0 aromatic heterocycles. The monoisotopic (exact) mass is 302 g/mol. The minimum absolute atomic E-state index is 0.0419. The van der Waals surface area contributed by atoms with E-state index in [4.69, 9.17) is 0 Å². The quantitative estimate of drug-likeness (QED) is 0.454. The van der Waals surface area contributed by atoms with Crippen LogP contribution in [0.1, 0.15) is 32.1 Å². The molecule has 1 rings (SSSR count). The molecule has 0 N–H and O–H groups in total. The molecule has 9 heteroatoms. The lowest BCUT2D eigenvalue weighted by Gasteiger charge is -2.14. The number of esters is 1. The van der Waals surface area contributed by atoms with Crippen LogP contribution in [0.2, 0.25) is 0 Å². The predicted molar refractivity (Wildman–Crippen MR) is 58.2 cm³/mol. The van der Waals surface area contributed by atoms with Crippen LogP contribution in [0.25, 0.3) is 0 Å². The summed E-state index contributed by atoms with van der Waals surface area (Å²) in [6.07, 6.45) is 1.76. The highest BCUT2D eigenvalue weighted by atomic mass is 32.2. The number of carbonyl (C=O) groups is 1. The van der Waals surface area contributed by atoms with Crippen molar-refractivity contribution in [1.82, 2.24) is 0 Å². The molecular weight excluding hydrogens is 289 g/mol. The molecule has 0 radical (unpaired) electrons. The van der Waals surface area contributed by atoms with Crippen molar-refractivity contribution in [3.63, 3.8) is 0 Å². The Kier molecular flexibility index (Phi) is 4.83. The Labute approximate surface area is 108 Å². The number of hydrogen-bond donors (Lipinski definition) is 0. The first-order chi connectivity index (χ1) is 8.69. The van der Waals surface area contributed by atoms with Crippen molar-refractivity contribution in [1.29, 1.82) is 0 Å². The number of allylic oxidation sites excluding steroid dienone is 1. The number of rotatable bonds is 3. The van der Waals surface area contributed by atoms with Crippen LogP contribution >= 0.6 is 0 Å². The van der Waals surface area contributed by atoms with Crippen molar-refractivity contribution in [3.8, 4) is 0 Å². The molecule has 0 saturated carbocycles. The second kappa shape index (κ2) is 5.81. The average Bonchev–Trinajstić information content (AvgIpc) is 2.51. The molecule has 0 aromatic carbocycles. The lowest BCUT2D eigenvalue weighted by atomic mass is 10.1. The molecule has 5 nitrogen and oxygen atoms in total. The van der Waals surface area contributed by atoms with Gasteiger partial charge in [-0.2, -0.15) is 21.6 Å². The number of alkyl halides is 3. The maximum atomic E-state index is 12.2. The van der Waals surface area contributed by atoms with Crippen LogP contribution in [0, 0.1) is 0 Å². The third-order valence-corrected chi connectivity index (χ3v) is 3.58. The molecular formula is C10H13F3O5S. The van der Waals surface area contributed by atoms with Gasteiger partial charge in [0.25, 0.3) is 0 Å². The summed E-state index contributed by atoms with van der Waals surface area (Å²) in [4.78, 5) is 11.4. The maximum absolute atomic E-state index is 12.2. The summed E-state index contributed by atoms with van der Waals surface area (Å²) in [5, 5.41) is 0. The van der Waals surface area contributed by atoms with Crippen LogP contribution in [0.5, 0.6) is 0 Å². The van der Waals surface area contributed by atoms with Gasteiger partial charge in [-0.25, -0.2) is 4.79 Å². The van der Waals surface area contributed by atoms with Crippen molar-refractivity contribution in [2.45, 2.75) is 37.6 Å². The summed E-state index contributed by atoms with van der Waals surface area (Å²) >= 11 is 0. The fourth-order valence-corrected chi connectivity index (χ4v) is 2.21. The Bertz CT molecular complexity index is 478. The van der Waals surface area contributed by atoms with E-state index in [0.29, 0.717) is 19.3 Å². The third kappa shape index (κ3) is 3.85. The van der Waals surface area contributed by atoms with Gasteiger partial charge in [0.1, 0.15) is 5.76 Å². The summed E-state index contributed by atoms with van der Waals surface area (Å²) in [5.74, 6) is -1.34. The van der Waals surface area contributed by atoms with Crippen LogP contribution in [0.15, 0.2) is 11.3 Å². The molecule has 0 heterocycles. The molecule has 0 fully saturated rings. The summed E-state index contributed by atoms with van der Waals surface area (Å²) in [6, 6.07) is 0. The lowest BCUT2D eigenvalue weighted by Crippen LogP contribution is -2.26. The molecule has 110 valence electrons. The van der Waals surface area contributed by atoms with Crippen LogP contribution in [0.3, 0.4) is 0 Å². The fraction of sp³-hybridized carbons (Fsp3) is 0.700. The van der Waals surface area contributed by atoms with E-state index in [-0.39, 0.29) is 18.4 Å². The summed E-state index contributed by atoms with van der Waals surface area (Å²) in [5.41, 5.74) is -5.67. The van der Waals surface area contributed by atoms with Crippen LogP contribution in [-0.2, 0) is 23.8 Å². The Balaban J connectivity index is 3.11. The fourth-order valence-electron chi connectivity index (χ4n) is 1.67. The molecule has 0 unspecified atom stereocenters. The Morgan fingerprint density at radius 1 is 1.16 bits per heavy atom. The molecule has 0 aliphatic heterocycles. The third-order valence-electron chi connectivity index (χ3n) is 2.59. The number of hydrogen-bond acceptors (Lipinski definition) is 5. The highest BCUT2D eigenvalue weighted by Gasteiger charge is 2.49. The second-order valence-electron chi connectivity index (χ2n) is 3.94. The predicted octanol–water partition coefficient (Wildman–Crippen LogP) is 2.24. The van der Waals surface area contributed by atoms with E-state index in [9.17, 15) is 26.4 Å². The van der Waals surface area contributed by atoms with Crippen molar-refractivity contribution >= 4 is 16.1 Å². The van der Waals surface area contributed by atoms with Crippen LogP contribution in [0.4, 0.5) is 13.2 Å². The number of halogens is 3. The van der Waals surface area contributed by atoms with Gasteiger partial charge >= 0.3 is 21.6 Å². The minimum atomic E-state index is -5.75. The summed E-state index contributed by atoms with van der Waals surface area (Å²) in [6.45, 7) is 0. The number of carbonyl (C=O) groups excluding carboxylic acids is 1. The first-order valence-corrected chi connectivity index (χ1v) is 6.91. The first kappa shape index (κ1) is 15.8. The highest BCUT2D eigenvalue weighted by molar-refractivity contribution is 7.87. The van der Waals surface area contributed by atoms with Gasteiger partial charge < -0.3 is 8.92 Å². The smallest absolute Gasteiger partial charge is 0.466 e. The molecule has 0 amide bonds. The average molecular weight is 302 g/mol. The first-order valence-electron chi connectivity index (χ1n) is 5.50. The molecule has 19 heavy (non-hydrogen) atoms. The molecule has 0 saturated heterocycles. The maximum Gasteiger partial charge on any atom is 0.534 e. The van der Waals surface area contributed by atoms with Gasteiger partial charge in [-0.1, -0.05) is 6.42 Å². The van der Waals surface area contributed by atoms with E-state index in [2.05, 4.69) is 8.92 Å². The second-order valence-corrected chi connectivity index (χ2v) is 5.47. The van der Waals surface area contributed by atoms with E-state index >= 15 is 0 Å². The zero-order chi connectivity index (χ0) is 14.7. The van der Waals surface area contributed by atoms with Gasteiger partial charge in [-0.3, -0.25) is 0 Å². The van der Waals surface area contributed by atoms with E-state index in [1.54, 1.807) is 0 Å². The zero-order valence-electron chi connectivity index (χ0n) is 10.1. The normalized spacial score (nSPS) is 17.9. The van der Waals surface area contributed by atoms with Gasteiger partial charge in [0.05, 0.1) is 12.7 Å².